The van der Waals surface area contributed by atoms with Crippen LogP contribution in [0.15, 0.2) is 36.4 Å². The van der Waals surface area contributed by atoms with E-state index in [0.717, 1.165) is 30.0 Å². The molecule has 0 aromatic heterocycles. The molecule has 110 valence electrons. The topological polar surface area (TPSA) is 12.0 Å². The van der Waals surface area contributed by atoms with Gasteiger partial charge in [0, 0.05) is 12.1 Å². The molecule has 0 spiro atoms. The molecular formula is C17H16F3N. The van der Waals surface area contributed by atoms with Gasteiger partial charge in [0.1, 0.15) is 5.82 Å². The van der Waals surface area contributed by atoms with Crippen molar-refractivity contribution < 1.29 is 13.2 Å². The van der Waals surface area contributed by atoms with E-state index in [1.165, 1.54) is 0 Å². The molecule has 1 saturated carbocycles. The number of anilines is 1. The highest BCUT2D eigenvalue weighted by molar-refractivity contribution is 5.48. The van der Waals surface area contributed by atoms with Gasteiger partial charge in [-0.05, 0) is 31.2 Å². The van der Waals surface area contributed by atoms with Gasteiger partial charge in [0.15, 0.2) is 11.6 Å². The molecule has 0 radical (unpaired) electrons. The Morgan fingerprint density at radius 1 is 0.952 bits per heavy atom. The molecular weight excluding hydrogens is 275 g/mol. The first-order chi connectivity index (χ1) is 10.0. The zero-order chi connectivity index (χ0) is 15.0. The smallest absolute Gasteiger partial charge is 0.161 e. The van der Waals surface area contributed by atoms with Crippen molar-refractivity contribution in [2.45, 2.75) is 25.8 Å². The molecule has 1 atom stereocenters. The minimum atomic E-state index is -1.17. The average molecular weight is 291 g/mol. The molecule has 2 aromatic rings. The Morgan fingerprint density at radius 3 is 2.19 bits per heavy atom. The lowest BCUT2D eigenvalue weighted by molar-refractivity contribution is 0.495. The lowest BCUT2D eigenvalue weighted by Crippen LogP contribution is -2.14. The Kier molecular flexibility index (Phi) is 3.62. The van der Waals surface area contributed by atoms with Crippen molar-refractivity contribution in [3.8, 4) is 0 Å². The molecule has 3 rings (SSSR count). The maximum absolute atomic E-state index is 13.8. The molecule has 1 aliphatic carbocycles. The Hall–Kier alpha value is -1.97. The molecule has 0 saturated heterocycles. The molecule has 1 aliphatic rings. The number of hydrogen-bond acceptors (Lipinski definition) is 1. The molecule has 2 aromatic carbocycles. The van der Waals surface area contributed by atoms with Gasteiger partial charge in [-0.25, -0.2) is 13.2 Å². The highest BCUT2D eigenvalue weighted by Gasteiger charge is 2.32. The van der Waals surface area contributed by atoms with Crippen LogP contribution in [0.5, 0.6) is 0 Å². The Morgan fingerprint density at radius 2 is 1.57 bits per heavy atom. The van der Waals surface area contributed by atoms with Gasteiger partial charge < -0.3 is 5.32 Å². The SMILES string of the molecule is Cc1ccc(C(Nc2cc(F)c(F)cc2F)C2CC2)cc1. The van der Waals surface area contributed by atoms with Crippen LogP contribution in [0.2, 0.25) is 0 Å². The second kappa shape index (κ2) is 5.43. The normalized spacial score (nSPS) is 15.8. The van der Waals surface area contributed by atoms with Crippen molar-refractivity contribution in [1.29, 1.82) is 0 Å². The van der Waals surface area contributed by atoms with Gasteiger partial charge in [-0.1, -0.05) is 29.8 Å². The number of halogens is 3. The fraction of sp³-hybridized carbons (Fsp3) is 0.294. The van der Waals surface area contributed by atoms with Crippen LogP contribution in [0, 0.1) is 30.3 Å². The molecule has 0 aliphatic heterocycles. The summed E-state index contributed by atoms with van der Waals surface area (Å²) in [6.07, 6.45) is 2.10. The van der Waals surface area contributed by atoms with Gasteiger partial charge in [0.25, 0.3) is 0 Å². The van der Waals surface area contributed by atoms with E-state index in [0.29, 0.717) is 12.0 Å². The van der Waals surface area contributed by atoms with Gasteiger partial charge in [0.05, 0.1) is 11.7 Å². The van der Waals surface area contributed by atoms with Crippen molar-refractivity contribution in [3.05, 3.63) is 65.0 Å². The third kappa shape index (κ3) is 3.04. The van der Waals surface area contributed by atoms with Crippen LogP contribution in [0.25, 0.3) is 0 Å². The van der Waals surface area contributed by atoms with Crippen molar-refractivity contribution in [2.24, 2.45) is 5.92 Å². The highest BCUT2D eigenvalue weighted by atomic mass is 19.2. The number of nitrogens with one attached hydrogen (secondary N) is 1. The average Bonchev–Trinajstić information content (AvgIpc) is 3.27. The quantitative estimate of drug-likeness (QED) is 0.784. The summed E-state index contributed by atoms with van der Waals surface area (Å²) in [5.74, 6) is -2.58. The summed E-state index contributed by atoms with van der Waals surface area (Å²) < 4.78 is 40.1. The molecule has 1 unspecified atom stereocenters. The minimum absolute atomic E-state index is 0.00590. The first-order valence-electron chi connectivity index (χ1n) is 7.02. The number of aryl methyl sites for hydroxylation is 1. The number of benzene rings is 2. The standard InChI is InChI=1S/C17H16F3N/c1-10-2-4-11(5-3-10)17(12-6-7-12)21-16-9-14(19)13(18)8-15(16)20/h2-5,8-9,12,17,21H,6-7H2,1H3. The Labute approximate surface area is 121 Å². The maximum atomic E-state index is 13.8. The van der Waals surface area contributed by atoms with Crippen molar-refractivity contribution >= 4 is 5.69 Å². The first-order valence-corrected chi connectivity index (χ1v) is 7.02. The van der Waals surface area contributed by atoms with Crippen molar-refractivity contribution in [1.82, 2.24) is 0 Å². The monoisotopic (exact) mass is 291 g/mol. The molecule has 1 N–H and O–H groups in total. The predicted molar refractivity (Wildman–Crippen MR) is 76.6 cm³/mol. The molecule has 1 nitrogen and oxygen atoms in total. The molecule has 0 heterocycles. The lowest BCUT2D eigenvalue weighted by atomic mass is 10.0. The minimum Gasteiger partial charge on any atom is -0.376 e. The maximum Gasteiger partial charge on any atom is 0.161 e. The van der Waals surface area contributed by atoms with E-state index in [1.807, 2.05) is 31.2 Å². The number of rotatable bonds is 4. The number of hydrogen-bond donors (Lipinski definition) is 1. The van der Waals surface area contributed by atoms with Crippen LogP contribution in [0.1, 0.15) is 30.0 Å². The second-order valence-electron chi connectivity index (χ2n) is 5.62. The van der Waals surface area contributed by atoms with E-state index < -0.39 is 17.5 Å². The van der Waals surface area contributed by atoms with Gasteiger partial charge in [-0.15, -0.1) is 0 Å². The van der Waals surface area contributed by atoms with Crippen LogP contribution in [0.3, 0.4) is 0 Å². The summed E-state index contributed by atoms with van der Waals surface area (Å²) in [5, 5.41) is 3.03. The largest absolute Gasteiger partial charge is 0.376 e. The van der Waals surface area contributed by atoms with E-state index in [1.54, 1.807) is 0 Å². The van der Waals surface area contributed by atoms with E-state index in [2.05, 4.69) is 5.32 Å². The van der Waals surface area contributed by atoms with E-state index in [9.17, 15) is 13.2 Å². The van der Waals surface area contributed by atoms with Crippen molar-refractivity contribution in [2.75, 3.05) is 5.32 Å². The second-order valence-corrected chi connectivity index (χ2v) is 5.62. The van der Waals surface area contributed by atoms with Crippen molar-refractivity contribution in [3.63, 3.8) is 0 Å². The molecule has 4 heteroatoms. The summed E-state index contributed by atoms with van der Waals surface area (Å²) in [5.41, 5.74) is 2.19. The molecule has 1 fully saturated rings. The fourth-order valence-electron chi connectivity index (χ4n) is 2.48. The van der Waals surface area contributed by atoms with Crippen LogP contribution >= 0.6 is 0 Å². The Balaban J connectivity index is 1.89. The highest BCUT2D eigenvalue weighted by Crippen LogP contribution is 2.43. The van der Waals surface area contributed by atoms with E-state index in [-0.39, 0.29) is 11.7 Å². The fourth-order valence-corrected chi connectivity index (χ4v) is 2.48. The molecule has 21 heavy (non-hydrogen) atoms. The Bertz CT molecular complexity index is 648. The van der Waals surface area contributed by atoms with Crippen LogP contribution in [-0.2, 0) is 0 Å². The summed E-state index contributed by atoms with van der Waals surface area (Å²) >= 11 is 0. The van der Waals surface area contributed by atoms with Gasteiger partial charge in [0.2, 0.25) is 0 Å². The van der Waals surface area contributed by atoms with Crippen LogP contribution < -0.4 is 5.32 Å². The van der Waals surface area contributed by atoms with Gasteiger partial charge >= 0.3 is 0 Å². The van der Waals surface area contributed by atoms with Crippen LogP contribution in [-0.4, -0.2) is 0 Å². The summed E-state index contributed by atoms with van der Waals surface area (Å²) in [4.78, 5) is 0. The van der Waals surface area contributed by atoms with Crippen LogP contribution in [0.4, 0.5) is 18.9 Å². The van der Waals surface area contributed by atoms with E-state index in [4.69, 9.17) is 0 Å². The zero-order valence-electron chi connectivity index (χ0n) is 11.7. The molecule has 0 bridgehead atoms. The third-order valence-corrected chi connectivity index (χ3v) is 3.85. The first kappa shape index (κ1) is 14.0. The predicted octanol–water partition coefficient (Wildman–Crippen LogP) is 4.98. The van der Waals surface area contributed by atoms with Gasteiger partial charge in [-0.2, -0.15) is 0 Å². The van der Waals surface area contributed by atoms with E-state index >= 15 is 0 Å². The zero-order valence-corrected chi connectivity index (χ0v) is 11.7. The summed E-state index contributed by atoms with van der Waals surface area (Å²) in [7, 11) is 0. The summed E-state index contributed by atoms with van der Waals surface area (Å²) in [6, 6.07) is 9.35. The molecule has 0 amide bonds. The summed E-state index contributed by atoms with van der Waals surface area (Å²) in [6.45, 7) is 2.00. The lowest BCUT2D eigenvalue weighted by Gasteiger charge is -2.21. The third-order valence-electron chi connectivity index (χ3n) is 3.85. The van der Waals surface area contributed by atoms with Gasteiger partial charge in [-0.3, -0.25) is 0 Å².